The highest BCUT2D eigenvalue weighted by Gasteiger charge is 2.49. The van der Waals surface area contributed by atoms with Crippen molar-refractivity contribution >= 4 is 11.6 Å². The van der Waals surface area contributed by atoms with Crippen LogP contribution in [0.15, 0.2) is 42.7 Å². The molecule has 7 nitrogen and oxygen atoms in total. The summed E-state index contributed by atoms with van der Waals surface area (Å²) in [6.07, 6.45) is 5.77. The third-order valence-electron chi connectivity index (χ3n) is 6.44. The highest BCUT2D eigenvalue weighted by molar-refractivity contribution is 5.80. The molecule has 2 aliphatic heterocycles. The third-order valence-corrected chi connectivity index (χ3v) is 6.44. The summed E-state index contributed by atoms with van der Waals surface area (Å²) in [6, 6.07) is 10.3. The summed E-state index contributed by atoms with van der Waals surface area (Å²) in [7, 11) is 0. The van der Waals surface area contributed by atoms with Gasteiger partial charge in [-0.25, -0.2) is 10.5 Å². The number of pyridine rings is 1. The van der Waals surface area contributed by atoms with Crippen molar-refractivity contribution in [3.63, 3.8) is 0 Å². The molecule has 150 valence electrons. The summed E-state index contributed by atoms with van der Waals surface area (Å²) >= 11 is 0. The van der Waals surface area contributed by atoms with E-state index in [2.05, 4.69) is 39.8 Å². The molecule has 0 bridgehead atoms. The maximum Gasteiger partial charge on any atom is 0.250 e. The van der Waals surface area contributed by atoms with Gasteiger partial charge in [0.05, 0.1) is 5.92 Å². The summed E-state index contributed by atoms with van der Waals surface area (Å²) in [4.78, 5) is 16.8. The Morgan fingerprint density at radius 3 is 2.93 bits per heavy atom. The molecule has 3 aromatic rings. The Kier molecular flexibility index (Phi) is 4.29. The lowest BCUT2D eigenvalue weighted by molar-refractivity contribution is -0.144. The minimum Gasteiger partial charge on any atom is -0.486 e. The molecule has 3 N–H and O–H groups in total. The van der Waals surface area contributed by atoms with Gasteiger partial charge in [-0.2, -0.15) is 0 Å². The van der Waals surface area contributed by atoms with Crippen molar-refractivity contribution in [2.45, 2.75) is 31.8 Å². The fraction of sp³-hybridized carbons (Fsp3) is 0.364. The van der Waals surface area contributed by atoms with Crippen LogP contribution in [0.3, 0.4) is 0 Å². The Balaban J connectivity index is 1.56. The maximum atomic E-state index is 12.5. The number of hydrogen-bond acceptors (Lipinski definition) is 5. The van der Waals surface area contributed by atoms with E-state index in [4.69, 9.17) is 4.74 Å². The molecule has 1 amide bonds. The molecule has 0 aliphatic carbocycles. The molecule has 7 heteroatoms. The first kappa shape index (κ1) is 18.1. The molecular weight excluding hydrogens is 368 g/mol. The summed E-state index contributed by atoms with van der Waals surface area (Å²) in [6.45, 7) is 3.67. The zero-order valence-corrected chi connectivity index (χ0v) is 16.3. The fourth-order valence-electron chi connectivity index (χ4n) is 4.85. The van der Waals surface area contributed by atoms with Gasteiger partial charge in [0.2, 0.25) is 0 Å². The van der Waals surface area contributed by atoms with Crippen LogP contribution in [0.2, 0.25) is 0 Å². The van der Waals surface area contributed by atoms with Crippen LogP contribution in [-0.4, -0.2) is 39.2 Å². The monoisotopic (exact) mass is 392 g/mol. The first-order valence-electron chi connectivity index (χ1n) is 10.0. The molecule has 0 radical (unpaired) electrons. The minimum atomic E-state index is -0.571. The van der Waals surface area contributed by atoms with Crippen LogP contribution in [0.4, 0.5) is 0 Å². The first-order valence-corrected chi connectivity index (χ1v) is 10.0. The molecule has 1 aromatic carbocycles. The normalized spacial score (nSPS) is 20.3. The van der Waals surface area contributed by atoms with Crippen molar-refractivity contribution in [3.05, 3.63) is 54.0 Å². The van der Waals surface area contributed by atoms with E-state index in [1.807, 2.05) is 23.8 Å². The number of imidazole rings is 1. The number of benzene rings is 1. The Bertz CT molecular complexity index is 1080. The van der Waals surface area contributed by atoms with Gasteiger partial charge in [-0.05, 0) is 61.8 Å². The van der Waals surface area contributed by atoms with Crippen molar-refractivity contribution < 1.29 is 14.7 Å². The number of nitrogens with one attached hydrogen (secondary N) is 2. The number of carbonyl (C=O) groups excluding carboxylic acids is 1. The van der Waals surface area contributed by atoms with Gasteiger partial charge >= 0.3 is 0 Å². The number of fused-ring (bicyclic) bond motifs is 2. The van der Waals surface area contributed by atoms with Crippen molar-refractivity contribution in [1.29, 1.82) is 0 Å². The SMILES string of the molecule is Cc1c(-c2ccc3c(c2)CC(C(=O)NO)C2(CCNCC2)O3)ccc2nccn12. The maximum absolute atomic E-state index is 12.5. The zero-order valence-electron chi connectivity index (χ0n) is 16.3. The number of aromatic nitrogens is 2. The van der Waals surface area contributed by atoms with E-state index in [0.717, 1.165) is 59.7 Å². The number of aryl methyl sites for hydroxylation is 1. The second-order valence-electron chi connectivity index (χ2n) is 7.96. The molecule has 1 unspecified atom stereocenters. The van der Waals surface area contributed by atoms with Gasteiger partial charge in [0.25, 0.3) is 5.91 Å². The quantitative estimate of drug-likeness (QED) is 0.461. The van der Waals surface area contributed by atoms with Crippen LogP contribution < -0.4 is 15.5 Å². The van der Waals surface area contributed by atoms with E-state index in [1.165, 1.54) is 0 Å². The highest BCUT2D eigenvalue weighted by atomic mass is 16.5. The Hall–Kier alpha value is -2.90. The van der Waals surface area contributed by atoms with Crippen LogP contribution in [0.25, 0.3) is 16.8 Å². The molecule has 1 saturated heterocycles. The lowest BCUT2D eigenvalue weighted by Crippen LogP contribution is -2.58. The molecule has 2 aromatic heterocycles. The molecule has 0 saturated carbocycles. The summed E-state index contributed by atoms with van der Waals surface area (Å²) < 4.78 is 8.51. The van der Waals surface area contributed by atoms with E-state index in [-0.39, 0.29) is 5.91 Å². The fourth-order valence-corrected chi connectivity index (χ4v) is 4.85. The van der Waals surface area contributed by atoms with Crippen molar-refractivity contribution in [2.24, 2.45) is 5.92 Å². The standard InChI is InChI=1S/C22H24N4O3/c1-14-17(3-5-20-24-10-11-26(14)20)15-2-4-19-16(12-15)13-18(21(27)25-28)22(29-19)6-8-23-9-7-22/h2-5,10-12,18,23,28H,6-9,13H2,1H3,(H,25,27). The number of hydrogen-bond donors (Lipinski definition) is 3. The smallest absolute Gasteiger partial charge is 0.250 e. The van der Waals surface area contributed by atoms with Crippen LogP contribution in [-0.2, 0) is 11.2 Å². The molecule has 1 spiro atoms. The second kappa shape index (κ2) is 6.86. The van der Waals surface area contributed by atoms with Gasteiger partial charge in [0, 0.05) is 36.5 Å². The predicted molar refractivity (Wildman–Crippen MR) is 108 cm³/mol. The van der Waals surface area contributed by atoms with E-state index >= 15 is 0 Å². The van der Waals surface area contributed by atoms with E-state index in [0.29, 0.717) is 6.42 Å². The molecule has 29 heavy (non-hydrogen) atoms. The number of nitrogens with zero attached hydrogens (tertiary/aromatic N) is 2. The molecule has 2 aliphatic rings. The van der Waals surface area contributed by atoms with Crippen LogP contribution in [0.1, 0.15) is 24.1 Å². The second-order valence-corrected chi connectivity index (χ2v) is 7.96. The van der Waals surface area contributed by atoms with E-state index in [9.17, 15) is 10.0 Å². The molecule has 1 fully saturated rings. The number of carbonyl (C=O) groups is 1. The number of amides is 1. The van der Waals surface area contributed by atoms with Crippen molar-refractivity contribution in [1.82, 2.24) is 20.2 Å². The number of hydroxylamine groups is 1. The predicted octanol–water partition coefficient (Wildman–Crippen LogP) is 2.49. The number of piperidine rings is 1. The third kappa shape index (κ3) is 2.89. The topological polar surface area (TPSA) is 87.9 Å². The zero-order chi connectivity index (χ0) is 20.0. The minimum absolute atomic E-state index is 0.376. The average molecular weight is 392 g/mol. The largest absolute Gasteiger partial charge is 0.486 e. The van der Waals surface area contributed by atoms with Crippen molar-refractivity contribution in [2.75, 3.05) is 13.1 Å². The summed E-state index contributed by atoms with van der Waals surface area (Å²) in [5.74, 6) is 0.0348. The van der Waals surface area contributed by atoms with Crippen LogP contribution >= 0.6 is 0 Å². The molecule has 5 rings (SSSR count). The van der Waals surface area contributed by atoms with Gasteiger partial charge in [-0.15, -0.1) is 0 Å². The van der Waals surface area contributed by atoms with Gasteiger partial charge in [0.15, 0.2) is 0 Å². The Morgan fingerprint density at radius 1 is 1.31 bits per heavy atom. The summed E-state index contributed by atoms with van der Waals surface area (Å²) in [5, 5.41) is 12.6. The highest BCUT2D eigenvalue weighted by Crippen LogP contribution is 2.43. The molecule has 4 heterocycles. The van der Waals surface area contributed by atoms with Crippen LogP contribution in [0, 0.1) is 12.8 Å². The van der Waals surface area contributed by atoms with Gasteiger partial charge in [-0.1, -0.05) is 6.07 Å². The lowest BCUT2D eigenvalue weighted by atomic mass is 9.74. The summed E-state index contributed by atoms with van der Waals surface area (Å²) in [5.41, 5.74) is 6.49. The lowest BCUT2D eigenvalue weighted by Gasteiger charge is -2.46. The van der Waals surface area contributed by atoms with Crippen molar-refractivity contribution in [3.8, 4) is 16.9 Å². The Morgan fingerprint density at radius 2 is 2.14 bits per heavy atom. The van der Waals surface area contributed by atoms with E-state index < -0.39 is 11.5 Å². The molecular formula is C22H24N4O3. The van der Waals surface area contributed by atoms with Gasteiger partial charge < -0.3 is 14.5 Å². The number of ether oxygens (including phenoxy) is 1. The van der Waals surface area contributed by atoms with Gasteiger partial charge in [-0.3, -0.25) is 10.0 Å². The number of rotatable bonds is 2. The van der Waals surface area contributed by atoms with Gasteiger partial charge in [0.1, 0.15) is 17.0 Å². The van der Waals surface area contributed by atoms with E-state index in [1.54, 1.807) is 6.20 Å². The average Bonchev–Trinajstić information content (AvgIpc) is 3.23. The molecule has 1 atom stereocenters. The van der Waals surface area contributed by atoms with Crippen LogP contribution in [0.5, 0.6) is 5.75 Å². The first-order chi connectivity index (χ1) is 14.1. The Labute approximate surface area is 168 Å².